The Balaban J connectivity index is 3.95. The summed E-state index contributed by atoms with van der Waals surface area (Å²) in [6.45, 7) is 7.12. The molecule has 12 nitrogen and oxygen atoms in total. The van der Waals surface area contributed by atoms with Crippen LogP contribution >= 0.6 is 0 Å². The maximum Gasteiger partial charge on any atom is 0.355 e. The predicted molar refractivity (Wildman–Crippen MR) is 115 cm³/mol. The lowest BCUT2D eigenvalue weighted by molar-refractivity contribution is -0.139. The number of carbonyl (C=O) groups is 4. The Hall–Kier alpha value is -3.96. The molecule has 0 saturated heterocycles. The largest absolute Gasteiger partial charge is 0.463 e. The van der Waals surface area contributed by atoms with Crippen molar-refractivity contribution in [3.8, 4) is 0 Å². The summed E-state index contributed by atoms with van der Waals surface area (Å²) >= 11 is 0. The first kappa shape index (κ1) is 27.1. The Labute approximate surface area is 189 Å². The van der Waals surface area contributed by atoms with Crippen molar-refractivity contribution in [1.29, 1.82) is 0 Å². The van der Waals surface area contributed by atoms with E-state index in [-0.39, 0.29) is 32.0 Å². The van der Waals surface area contributed by atoms with Gasteiger partial charge in [-0.05, 0) is 34.6 Å². The third-order valence-corrected chi connectivity index (χ3v) is 3.81. The molecule has 1 rings (SSSR count). The van der Waals surface area contributed by atoms with E-state index in [4.69, 9.17) is 18.9 Å². The number of aromatic nitrogens is 2. The Kier molecular flexibility index (Phi) is 10.5. The Morgan fingerprint density at radius 2 is 1.18 bits per heavy atom. The first-order valence-electron chi connectivity index (χ1n) is 10.1. The molecule has 0 N–H and O–H groups in total. The van der Waals surface area contributed by atoms with Crippen molar-refractivity contribution in [3.05, 3.63) is 44.8 Å². The van der Waals surface area contributed by atoms with Gasteiger partial charge in [0.1, 0.15) is 11.4 Å². The molecule has 0 atom stereocenters. The molecule has 1 aromatic rings. The molecule has 0 amide bonds. The zero-order valence-electron chi connectivity index (χ0n) is 19.0. The van der Waals surface area contributed by atoms with Crippen LogP contribution < -0.4 is 11.2 Å². The van der Waals surface area contributed by atoms with Gasteiger partial charge in [-0.25, -0.2) is 28.5 Å². The fourth-order valence-electron chi connectivity index (χ4n) is 2.50. The summed E-state index contributed by atoms with van der Waals surface area (Å²) in [5.41, 5.74) is -3.61. The zero-order chi connectivity index (χ0) is 25.1. The molecule has 180 valence electrons. The van der Waals surface area contributed by atoms with Crippen LogP contribution in [0.4, 0.5) is 0 Å². The highest BCUT2D eigenvalue weighted by Crippen LogP contribution is 2.09. The van der Waals surface area contributed by atoms with Crippen LogP contribution in [-0.2, 0) is 38.1 Å². The average molecular weight is 466 g/mol. The molecule has 0 fully saturated rings. The van der Waals surface area contributed by atoms with E-state index in [1.54, 1.807) is 0 Å². The number of esters is 4. The van der Waals surface area contributed by atoms with E-state index >= 15 is 0 Å². The molecule has 1 heterocycles. The van der Waals surface area contributed by atoms with E-state index in [1.807, 2.05) is 0 Å². The van der Waals surface area contributed by atoms with E-state index in [9.17, 15) is 28.8 Å². The third-order valence-electron chi connectivity index (χ3n) is 3.81. The first-order valence-corrected chi connectivity index (χ1v) is 10.1. The molecule has 0 radical (unpaired) electrons. The molecule has 0 spiro atoms. The molecule has 0 saturated carbocycles. The van der Waals surface area contributed by atoms with Gasteiger partial charge in [-0.3, -0.25) is 9.36 Å². The van der Waals surface area contributed by atoms with Gasteiger partial charge < -0.3 is 18.9 Å². The van der Waals surface area contributed by atoms with Crippen LogP contribution in [0.15, 0.2) is 27.9 Å². The van der Waals surface area contributed by atoms with Crippen molar-refractivity contribution in [2.24, 2.45) is 0 Å². The lowest BCUT2D eigenvalue weighted by Gasteiger charge is -2.15. The predicted octanol–water partition coefficient (Wildman–Crippen LogP) is 0.253. The standard InChI is InChI=1S/C21H26N2O10/c1-6-30-16(24)10-14(19(27)32-8-3)22-12-13(5)18(26)23(21(22)29)15(20(28)33-9-4)11-17(25)31-7-2/h10-12H,6-9H2,1-5H3/b14-10-,15-11-. The minimum absolute atomic E-state index is 0.00581. The molecule has 0 aliphatic carbocycles. The van der Waals surface area contributed by atoms with Crippen molar-refractivity contribution < 1.29 is 38.1 Å². The van der Waals surface area contributed by atoms with Crippen molar-refractivity contribution in [1.82, 2.24) is 9.13 Å². The van der Waals surface area contributed by atoms with Crippen molar-refractivity contribution >= 4 is 35.3 Å². The molecule has 0 aliphatic heterocycles. The van der Waals surface area contributed by atoms with Gasteiger partial charge in [-0.2, -0.15) is 0 Å². The SMILES string of the molecule is CCOC(=O)/C=C(/C(=O)OCC)n1cc(C)c(=O)n(/C(=C\C(=O)OCC)C(=O)OCC)c1=O. The molecule has 12 heteroatoms. The highest BCUT2D eigenvalue weighted by molar-refractivity contribution is 6.16. The van der Waals surface area contributed by atoms with Gasteiger partial charge in [0, 0.05) is 11.8 Å². The van der Waals surface area contributed by atoms with Gasteiger partial charge >= 0.3 is 29.6 Å². The van der Waals surface area contributed by atoms with E-state index in [1.165, 1.54) is 34.6 Å². The van der Waals surface area contributed by atoms with Crippen molar-refractivity contribution in [3.63, 3.8) is 0 Å². The number of rotatable bonds is 10. The number of ether oxygens (including phenoxy) is 4. The molecule has 1 aromatic heterocycles. The van der Waals surface area contributed by atoms with Crippen LogP contribution in [0.3, 0.4) is 0 Å². The van der Waals surface area contributed by atoms with Crippen LogP contribution in [0, 0.1) is 6.92 Å². The van der Waals surface area contributed by atoms with Gasteiger partial charge in [0.2, 0.25) is 0 Å². The number of carbonyl (C=O) groups excluding carboxylic acids is 4. The molecule has 0 unspecified atom stereocenters. The second-order valence-electron chi connectivity index (χ2n) is 6.11. The summed E-state index contributed by atoms with van der Waals surface area (Å²) in [5, 5.41) is 0. The van der Waals surface area contributed by atoms with Gasteiger partial charge in [0.05, 0.1) is 38.6 Å². The molecule has 0 aliphatic rings. The van der Waals surface area contributed by atoms with E-state index in [0.717, 1.165) is 12.3 Å². The third kappa shape index (κ3) is 7.02. The minimum atomic E-state index is -1.24. The second kappa shape index (κ2) is 12.8. The maximum absolute atomic E-state index is 13.2. The summed E-state index contributed by atoms with van der Waals surface area (Å²) in [5.74, 6) is -4.18. The average Bonchev–Trinajstić information content (AvgIpc) is 2.75. The molecule has 33 heavy (non-hydrogen) atoms. The highest BCUT2D eigenvalue weighted by atomic mass is 16.5. The van der Waals surface area contributed by atoms with Crippen LogP contribution in [0.5, 0.6) is 0 Å². The van der Waals surface area contributed by atoms with Crippen LogP contribution in [0.25, 0.3) is 11.4 Å². The van der Waals surface area contributed by atoms with Gasteiger partial charge in [0.25, 0.3) is 5.56 Å². The van der Waals surface area contributed by atoms with Crippen molar-refractivity contribution in [2.75, 3.05) is 26.4 Å². The zero-order valence-corrected chi connectivity index (χ0v) is 19.0. The molecular formula is C21H26N2O10. The number of aryl methyl sites for hydroxylation is 1. The summed E-state index contributed by atoms with van der Waals surface area (Å²) < 4.78 is 20.3. The highest BCUT2D eigenvalue weighted by Gasteiger charge is 2.25. The Bertz CT molecular complexity index is 1090. The monoisotopic (exact) mass is 466 g/mol. The lowest BCUT2D eigenvalue weighted by atomic mass is 10.3. The van der Waals surface area contributed by atoms with E-state index in [2.05, 4.69) is 0 Å². The normalized spacial score (nSPS) is 11.5. The van der Waals surface area contributed by atoms with Crippen LogP contribution in [-0.4, -0.2) is 59.4 Å². The van der Waals surface area contributed by atoms with Crippen molar-refractivity contribution in [2.45, 2.75) is 34.6 Å². The number of hydrogen-bond acceptors (Lipinski definition) is 10. The summed E-state index contributed by atoms with van der Waals surface area (Å²) in [6.07, 6.45) is 2.35. The van der Waals surface area contributed by atoms with Gasteiger partial charge in [0.15, 0.2) is 0 Å². The Morgan fingerprint density at radius 1 is 0.758 bits per heavy atom. The smallest absolute Gasteiger partial charge is 0.355 e. The second-order valence-corrected chi connectivity index (χ2v) is 6.11. The Morgan fingerprint density at radius 3 is 1.64 bits per heavy atom. The summed E-state index contributed by atoms with van der Waals surface area (Å²) in [4.78, 5) is 75.0. The first-order chi connectivity index (χ1) is 15.6. The number of hydrogen-bond donors (Lipinski definition) is 0. The maximum atomic E-state index is 13.2. The summed E-state index contributed by atoms with van der Waals surface area (Å²) in [7, 11) is 0. The van der Waals surface area contributed by atoms with Crippen LogP contribution in [0.1, 0.15) is 33.3 Å². The van der Waals surface area contributed by atoms with Gasteiger partial charge in [-0.1, -0.05) is 0 Å². The van der Waals surface area contributed by atoms with Gasteiger partial charge in [-0.15, -0.1) is 0 Å². The van der Waals surface area contributed by atoms with E-state index < -0.39 is 46.5 Å². The quantitative estimate of drug-likeness (QED) is 0.267. The fraction of sp³-hybridized carbons (Fsp3) is 0.429. The van der Waals surface area contributed by atoms with Crippen LogP contribution in [0.2, 0.25) is 0 Å². The molecular weight excluding hydrogens is 440 g/mol. The van der Waals surface area contributed by atoms with E-state index in [0.29, 0.717) is 15.2 Å². The number of nitrogens with zero attached hydrogens (tertiary/aromatic N) is 2. The lowest BCUT2D eigenvalue weighted by Crippen LogP contribution is -2.43. The summed E-state index contributed by atoms with van der Waals surface area (Å²) in [6, 6.07) is 0. The molecule has 0 aromatic carbocycles. The topological polar surface area (TPSA) is 149 Å². The minimum Gasteiger partial charge on any atom is -0.463 e. The fourth-order valence-corrected chi connectivity index (χ4v) is 2.50. The molecule has 0 bridgehead atoms.